The van der Waals surface area contributed by atoms with Crippen LogP contribution in [0.2, 0.25) is 0 Å². The molecule has 19 heavy (non-hydrogen) atoms. The molecule has 2 rings (SSSR count). The maximum atomic E-state index is 12.9. The Morgan fingerprint density at radius 2 is 2.16 bits per heavy atom. The van der Waals surface area contributed by atoms with Crippen molar-refractivity contribution < 1.29 is 13.6 Å². The van der Waals surface area contributed by atoms with Gasteiger partial charge in [-0.05, 0) is 12.1 Å². The van der Waals surface area contributed by atoms with Crippen molar-refractivity contribution >= 4 is 17.7 Å². The molecular weight excluding hydrogens is 270 g/mol. The van der Waals surface area contributed by atoms with E-state index >= 15 is 0 Å². The average Bonchev–Trinajstić information content (AvgIpc) is 2.76. The number of amides is 1. The minimum atomic E-state index is -2.76. The molecule has 0 radical (unpaired) electrons. The number of rotatable bonds is 5. The van der Waals surface area contributed by atoms with Crippen LogP contribution in [0.1, 0.15) is 6.42 Å². The normalized spacial score (nSPS) is 21.3. The Bertz CT molecular complexity index is 428. The van der Waals surface area contributed by atoms with Crippen LogP contribution in [-0.4, -0.2) is 36.7 Å². The quantitative estimate of drug-likeness (QED) is 0.641. The highest BCUT2D eigenvalue weighted by molar-refractivity contribution is 7.99. The fraction of sp³-hybridized carbons (Fsp3) is 0.462. The number of hydrogen-bond acceptors (Lipinski definition) is 3. The van der Waals surface area contributed by atoms with E-state index in [0.29, 0.717) is 6.54 Å². The van der Waals surface area contributed by atoms with Gasteiger partial charge in [0.2, 0.25) is 5.91 Å². The molecule has 2 N–H and O–H groups in total. The van der Waals surface area contributed by atoms with Crippen molar-refractivity contribution in [2.75, 3.05) is 18.8 Å². The van der Waals surface area contributed by atoms with Crippen LogP contribution in [0.15, 0.2) is 35.2 Å². The summed E-state index contributed by atoms with van der Waals surface area (Å²) < 4.78 is 25.8. The zero-order valence-electron chi connectivity index (χ0n) is 10.4. The van der Waals surface area contributed by atoms with Crippen molar-refractivity contribution in [3.8, 4) is 0 Å². The molecule has 1 heterocycles. The Morgan fingerprint density at radius 3 is 2.79 bits per heavy atom. The molecule has 1 aromatic rings. The van der Waals surface area contributed by atoms with E-state index < -0.39 is 24.9 Å². The molecule has 1 unspecified atom stereocenters. The smallest absolute Gasteiger partial charge is 0.262 e. The van der Waals surface area contributed by atoms with Gasteiger partial charge in [0.05, 0.1) is 12.6 Å². The lowest BCUT2D eigenvalue weighted by molar-refractivity contribution is -0.123. The highest BCUT2D eigenvalue weighted by Crippen LogP contribution is 2.25. The van der Waals surface area contributed by atoms with Crippen molar-refractivity contribution in [1.82, 2.24) is 10.6 Å². The van der Waals surface area contributed by atoms with Crippen LogP contribution in [0.4, 0.5) is 8.78 Å². The molecule has 0 aliphatic carbocycles. The predicted octanol–water partition coefficient (Wildman–Crippen LogP) is 1.89. The maximum Gasteiger partial charge on any atom is 0.262 e. The molecule has 0 spiro atoms. The third kappa shape index (κ3) is 4.47. The van der Waals surface area contributed by atoms with E-state index in [1.165, 1.54) is 0 Å². The second-order valence-corrected chi connectivity index (χ2v) is 5.61. The molecule has 1 aliphatic rings. The summed E-state index contributed by atoms with van der Waals surface area (Å²) in [4.78, 5) is 12.8. The van der Waals surface area contributed by atoms with Crippen LogP contribution in [0.5, 0.6) is 0 Å². The summed E-state index contributed by atoms with van der Waals surface area (Å²) in [6, 6.07) is 9.06. The van der Waals surface area contributed by atoms with Gasteiger partial charge in [-0.15, -0.1) is 11.8 Å². The summed E-state index contributed by atoms with van der Waals surface area (Å²) in [5.41, 5.74) is 0. The second kappa shape index (κ2) is 6.34. The van der Waals surface area contributed by atoms with Gasteiger partial charge in [-0.25, -0.2) is 8.78 Å². The number of nitrogens with one attached hydrogen (secondary N) is 2. The van der Waals surface area contributed by atoms with Crippen molar-refractivity contribution in [1.29, 1.82) is 0 Å². The monoisotopic (exact) mass is 286 g/mol. The largest absolute Gasteiger partial charge is 0.354 e. The lowest BCUT2D eigenvalue weighted by atomic mass is 10.2. The van der Waals surface area contributed by atoms with E-state index in [1.807, 2.05) is 30.3 Å². The van der Waals surface area contributed by atoms with Crippen LogP contribution >= 0.6 is 11.8 Å². The van der Waals surface area contributed by atoms with E-state index in [1.54, 1.807) is 11.8 Å². The summed E-state index contributed by atoms with van der Waals surface area (Å²) in [5, 5.41) is 5.21. The van der Waals surface area contributed by atoms with Gasteiger partial charge in [-0.1, -0.05) is 18.2 Å². The summed E-state index contributed by atoms with van der Waals surface area (Å²) >= 11 is 1.62. The Labute approximate surface area is 115 Å². The van der Waals surface area contributed by atoms with E-state index in [0.717, 1.165) is 10.6 Å². The minimum Gasteiger partial charge on any atom is -0.354 e. The first-order valence-electron chi connectivity index (χ1n) is 6.14. The Kier molecular flexibility index (Phi) is 4.76. The van der Waals surface area contributed by atoms with Crippen molar-refractivity contribution in [2.24, 2.45) is 0 Å². The Balaban J connectivity index is 1.65. The predicted molar refractivity (Wildman–Crippen MR) is 71.5 cm³/mol. The summed E-state index contributed by atoms with van der Waals surface area (Å²) in [6.45, 7) is 0.0615. The van der Waals surface area contributed by atoms with Gasteiger partial charge in [0.1, 0.15) is 0 Å². The number of halogens is 2. The van der Waals surface area contributed by atoms with Gasteiger partial charge in [0, 0.05) is 23.6 Å². The number of thioether (sulfide) groups is 1. The van der Waals surface area contributed by atoms with Gasteiger partial charge in [-0.2, -0.15) is 0 Å². The van der Waals surface area contributed by atoms with E-state index in [-0.39, 0.29) is 5.91 Å². The maximum absolute atomic E-state index is 12.9. The van der Waals surface area contributed by atoms with Gasteiger partial charge in [0.15, 0.2) is 0 Å². The number of benzene rings is 1. The second-order valence-electron chi connectivity index (χ2n) is 4.45. The van der Waals surface area contributed by atoms with Crippen molar-refractivity contribution in [3.05, 3.63) is 30.3 Å². The number of carbonyl (C=O) groups is 1. The molecule has 1 atom stereocenters. The molecule has 1 aliphatic heterocycles. The van der Waals surface area contributed by atoms with Crippen LogP contribution in [0.25, 0.3) is 0 Å². The Hall–Kier alpha value is -1.14. The molecule has 3 nitrogen and oxygen atoms in total. The Morgan fingerprint density at radius 1 is 1.42 bits per heavy atom. The van der Waals surface area contributed by atoms with Gasteiger partial charge in [0.25, 0.3) is 5.92 Å². The molecule has 1 fully saturated rings. The highest BCUT2D eigenvalue weighted by atomic mass is 32.2. The van der Waals surface area contributed by atoms with Crippen molar-refractivity contribution in [3.63, 3.8) is 0 Å². The molecule has 1 aromatic carbocycles. The van der Waals surface area contributed by atoms with Gasteiger partial charge < -0.3 is 5.32 Å². The van der Waals surface area contributed by atoms with E-state index in [2.05, 4.69) is 10.6 Å². The third-order valence-corrected chi connectivity index (χ3v) is 3.85. The van der Waals surface area contributed by atoms with Crippen LogP contribution in [0, 0.1) is 0 Å². The molecule has 1 saturated heterocycles. The first-order valence-corrected chi connectivity index (χ1v) is 7.12. The zero-order valence-corrected chi connectivity index (χ0v) is 11.2. The zero-order chi connectivity index (χ0) is 13.7. The molecule has 104 valence electrons. The van der Waals surface area contributed by atoms with Crippen LogP contribution in [-0.2, 0) is 4.79 Å². The lowest BCUT2D eigenvalue weighted by Crippen LogP contribution is -2.41. The third-order valence-electron chi connectivity index (χ3n) is 2.84. The molecule has 0 bridgehead atoms. The van der Waals surface area contributed by atoms with Crippen molar-refractivity contribution in [2.45, 2.75) is 23.3 Å². The molecule has 1 amide bonds. The van der Waals surface area contributed by atoms with Crippen LogP contribution in [0.3, 0.4) is 0 Å². The summed E-state index contributed by atoms with van der Waals surface area (Å²) in [7, 11) is 0. The molecule has 0 saturated carbocycles. The topological polar surface area (TPSA) is 41.1 Å². The highest BCUT2D eigenvalue weighted by Gasteiger charge is 2.42. The standard InChI is InChI=1S/C13H16F2N2OS/c14-13(15)8-11(17-9-13)12(18)16-6-7-19-10-4-2-1-3-5-10/h1-5,11,17H,6-9H2,(H,16,18). The van der Waals surface area contributed by atoms with Gasteiger partial charge >= 0.3 is 0 Å². The lowest BCUT2D eigenvalue weighted by Gasteiger charge is -2.11. The van der Waals surface area contributed by atoms with Gasteiger partial charge in [-0.3, -0.25) is 10.1 Å². The molecule has 6 heteroatoms. The van der Waals surface area contributed by atoms with Crippen LogP contribution < -0.4 is 10.6 Å². The molecular formula is C13H16F2N2OS. The average molecular weight is 286 g/mol. The summed E-state index contributed by atoms with van der Waals surface area (Å²) in [6.07, 6.45) is -0.412. The fourth-order valence-corrected chi connectivity index (χ4v) is 2.67. The number of carbonyl (C=O) groups excluding carboxylic acids is 1. The summed E-state index contributed by atoms with van der Waals surface area (Å²) in [5.74, 6) is -2.38. The van der Waals surface area contributed by atoms with E-state index in [9.17, 15) is 13.6 Å². The SMILES string of the molecule is O=C(NCCSc1ccccc1)C1CC(F)(F)CN1. The number of alkyl halides is 2. The molecule has 0 aromatic heterocycles. The van der Waals surface area contributed by atoms with E-state index in [4.69, 9.17) is 0 Å². The first kappa shape index (κ1) is 14.3. The fourth-order valence-electron chi connectivity index (χ4n) is 1.88. The minimum absolute atomic E-state index is 0.342. The first-order chi connectivity index (χ1) is 9.07. The number of hydrogen-bond donors (Lipinski definition) is 2.